The zero-order chi connectivity index (χ0) is 20.2. The van der Waals surface area contributed by atoms with Gasteiger partial charge in [-0.2, -0.15) is 0 Å². The molecule has 0 fully saturated rings. The van der Waals surface area contributed by atoms with E-state index in [2.05, 4.69) is 10.0 Å². The maximum absolute atomic E-state index is 12.4. The van der Waals surface area contributed by atoms with Gasteiger partial charge in [0.2, 0.25) is 15.9 Å². The molecule has 0 saturated carbocycles. The molecule has 2 rings (SSSR count). The van der Waals surface area contributed by atoms with E-state index in [1.165, 1.54) is 0 Å². The lowest BCUT2D eigenvalue weighted by Crippen LogP contribution is -2.26. The summed E-state index contributed by atoms with van der Waals surface area (Å²) in [5.74, 6) is -0.0182. The van der Waals surface area contributed by atoms with Crippen molar-refractivity contribution >= 4 is 15.9 Å². The van der Waals surface area contributed by atoms with Crippen LogP contribution in [-0.2, 0) is 32.4 Å². The van der Waals surface area contributed by atoms with Crippen LogP contribution in [0.1, 0.15) is 24.0 Å². The van der Waals surface area contributed by atoms with Crippen molar-refractivity contribution in [1.82, 2.24) is 10.0 Å². The van der Waals surface area contributed by atoms with Crippen LogP contribution in [0.4, 0.5) is 0 Å². The number of carbonyl (C=O) groups is 1. The predicted molar refractivity (Wildman–Crippen MR) is 110 cm³/mol. The van der Waals surface area contributed by atoms with Crippen molar-refractivity contribution in [1.29, 1.82) is 0 Å². The normalized spacial score (nSPS) is 11.3. The number of rotatable bonds is 12. The molecule has 0 bridgehead atoms. The maximum atomic E-state index is 12.4. The van der Waals surface area contributed by atoms with Crippen molar-refractivity contribution in [2.24, 2.45) is 0 Å². The average molecular weight is 405 g/mol. The number of nitrogens with one attached hydrogen (secondary N) is 2. The number of sulfonamides is 1. The van der Waals surface area contributed by atoms with Gasteiger partial charge in [-0.15, -0.1) is 0 Å². The van der Waals surface area contributed by atoms with Gasteiger partial charge in [0.1, 0.15) is 0 Å². The Morgan fingerprint density at radius 2 is 1.61 bits per heavy atom. The minimum atomic E-state index is -3.54. The Morgan fingerprint density at radius 3 is 2.29 bits per heavy atom. The molecule has 0 spiro atoms. The molecule has 7 heteroatoms. The molecular weight excluding hydrogens is 376 g/mol. The van der Waals surface area contributed by atoms with Crippen molar-refractivity contribution in [3.05, 3.63) is 65.7 Å². The molecule has 0 unspecified atom stereocenters. The van der Waals surface area contributed by atoms with Crippen LogP contribution in [0.3, 0.4) is 0 Å². The van der Waals surface area contributed by atoms with E-state index in [4.69, 9.17) is 4.74 Å². The summed E-state index contributed by atoms with van der Waals surface area (Å²) in [5.41, 5.74) is 2.01. The summed E-state index contributed by atoms with van der Waals surface area (Å²) < 4.78 is 32.3. The van der Waals surface area contributed by atoms with E-state index in [-0.39, 0.29) is 10.8 Å². The van der Waals surface area contributed by atoms with Gasteiger partial charge in [-0.05, 0) is 42.5 Å². The van der Waals surface area contributed by atoms with Gasteiger partial charge < -0.3 is 10.1 Å². The molecule has 0 saturated heterocycles. The zero-order valence-electron chi connectivity index (χ0n) is 16.2. The van der Waals surface area contributed by atoms with Gasteiger partial charge in [-0.3, -0.25) is 4.79 Å². The Balaban J connectivity index is 1.77. The molecule has 1 amide bonds. The highest BCUT2D eigenvalue weighted by Gasteiger charge is 2.13. The number of benzene rings is 2. The number of amides is 1. The first kappa shape index (κ1) is 22.1. The highest BCUT2D eigenvalue weighted by molar-refractivity contribution is 7.89. The standard InChI is InChI=1S/C21H28N2O4S/c1-27-17-5-15-22-21(24)13-10-19-8-11-20(12-9-19)28(25,26)23-16-14-18-6-3-2-4-7-18/h2-4,6-9,11-12,23H,5,10,13-17H2,1H3,(H,22,24). The fourth-order valence-corrected chi connectivity index (χ4v) is 3.72. The van der Waals surface area contributed by atoms with Gasteiger partial charge in [0.05, 0.1) is 4.90 Å². The fourth-order valence-electron chi connectivity index (χ4n) is 2.68. The maximum Gasteiger partial charge on any atom is 0.240 e. The lowest BCUT2D eigenvalue weighted by molar-refractivity contribution is -0.121. The quantitative estimate of drug-likeness (QED) is 0.532. The van der Waals surface area contributed by atoms with E-state index in [1.54, 1.807) is 31.4 Å². The highest BCUT2D eigenvalue weighted by atomic mass is 32.2. The smallest absolute Gasteiger partial charge is 0.240 e. The summed E-state index contributed by atoms with van der Waals surface area (Å²) in [4.78, 5) is 12.0. The first-order valence-corrected chi connectivity index (χ1v) is 10.9. The third kappa shape index (κ3) is 7.80. The van der Waals surface area contributed by atoms with Crippen LogP contribution in [0.5, 0.6) is 0 Å². The summed E-state index contributed by atoms with van der Waals surface area (Å²) in [6.07, 6.45) is 2.36. The van der Waals surface area contributed by atoms with Gasteiger partial charge in [0, 0.05) is 33.2 Å². The molecule has 0 radical (unpaired) electrons. The van der Waals surface area contributed by atoms with Gasteiger partial charge in [-0.1, -0.05) is 42.5 Å². The number of hydrogen-bond donors (Lipinski definition) is 2. The molecule has 0 atom stereocenters. The summed E-state index contributed by atoms with van der Waals surface area (Å²) in [6.45, 7) is 1.56. The van der Waals surface area contributed by atoms with Crippen LogP contribution >= 0.6 is 0 Å². The van der Waals surface area contributed by atoms with E-state index in [0.29, 0.717) is 39.0 Å². The van der Waals surface area contributed by atoms with Gasteiger partial charge in [-0.25, -0.2) is 13.1 Å². The molecule has 0 aliphatic carbocycles. The zero-order valence-corrected chi connectivity index (χ0v) is 17.0. The summed E-state index contributed by atoms with van der Waals surface area (Å²) in [5, 5.41) is 2.84. The predicted octanol–water partition coefficient (Wildman–Crippen LogP) is 2.29. The van der Waals surface area contributed by atoms with E-state index in [0.717, 1.165) is 17.5 Å². The second kappa shape index (κ2) is 11.6. The Kier molecular flexibility index (Phi) is 9.13. The Labute approximate surface area is 167 Å². The number of ether oxygens (including phenoxy) is 1. The Bertz CT molecular complexity index is 821. The highest BCUT2D eigenvalue weighted by Crippen LogP contribution is 2.12. The molecule has 0 heterocycles. The van der Waals surface area contributed by atoms with Crippen LogP contribution in [-0.4, -0.2) is 41.1 Å². The van der Waals surface area contributed by atoms with Crippen LogP contribution in [0.15, 0.2) is 59.5 Å². The third-order valence-corrected chi connectivity index (χ3v) is 5.75. The average Bonchev–Trinajstić information content (AvgIpc) is 2.71. The van der Waals surface area contributed by atoms with Crippen LogP contribution in [0.2, 0.25) is 0 Å². The lowest BCUT2D eigenvalue weighted by Gasteiger charge is -2.08. The summed E-state index contributed by atoms with van der Waals surface area (Å²) >= 11 is 0. The van der Waals surface area contributed by atoms with Crippen LogP contribution in [0.25, 0.3) is 0 Å². The SMILES string of the molecule is COCCCNC(=O)CCc1ccc(S(=O)(=O)NCCc2ccccc2)cc1. The van der Waals surface area contributed by atoms with E-state index >= 15 is 0 Å². The Morgan fingerprint density at radius 1 is 0.929 bits per heavy atom. The van der Waals surface area contributed by atoms with Gasteiger partial charge in [0.25, 0.3) is 0 Å². The number of methoxy groups -OCH3 is 1. The molecule has 2 aromatic carbocycles. The van der Waals surface area contributed by atoms with Crippen molar-refractivity contribution in [2.75, 3.05) is 26.8 Å². The van der Waals surface area contributed by atoms with E-state index in [9.17, 15) is 13.2 Å². The second-order valence-corrected chi connectivity index (χ2v) is 8.24. The van der Waals surface area contributed by atoms with Crippen molar-refractivity contribution in [3.63, 3.8) is 0 Å². The molecule has 2 N–H and O–H groups in total. The molecule has 28 heavy (non-hydrogen) atoms. The third-order valence-electron chi connectivity index (χ3n) is 4.27. The minimum absolute atomic E-state index is 0.0182. The first-order valence-electron chi connectivity index (χ1n) is 9.39. The number of hydrogen-bond acceptors (Lipinski definition) is 4. The molecule has 0 aliphatic rings. The number of aryl methyl sites for hydroxylation is 1. The minimum Gasteiger partial charge on any atom is -0.385 e. The number of carbonyl (C=O) groups excluding carboxylic acids is 1. The Hall–Kier alpha value is -2.22. The topological polar surface area (TPSA) is 84.5 Å². The molecular formula is C21H28N2O4S. The van der Waals surface area contributed by atoms with Crippen LogP contribution in [0, 0.1) is 0 Å². The first-order chi connectivity index (χ1) is 13.5. The molecule has 6 nitrogen and oxygen atoms in total. The molecule has 0 aromatic heterocycles. The van der Waals surface area contributed by atoms with Gasteiger partial charge in [0.15, 0.2) is 0 Å². The molecule has 2 aromatic rings. The molecule has 0 aliphatic heterocycles. The van der Waals surface area contributed by atoms with Crippen molar-refractivity contribution < 1.29 is 17.9 Å². The largest absolute Gasteiger partial charge is 0.385 e. The van der Waals surface area contributed by atoms with E-state index < -0.39 is 10.0 Å². The second-order valence-electron chi connectivity index (χ2n) is 6.47. The monoisotopic (exact) mass is 404 g/mol. The molecule has 152 valence electrons. The fraction of sp³-hybridized carbons (Fsp3) is 0.381. The summed E-state index contributed by atoms with van der Waals surface area (Å²) in [7, 11) is -1.91. The van der Waals surface area contributed by atoms with E-state index in [1.807, 2.05) is 30.3 Å². The summed E-state index contributed by atoms with van der Waals surface area (Å²) in [6, 6.07) is 16.4. The van der Waals surface area contributed by atoms with Gasteiger partial charge >= 0.3 is 0 Å². The van der Waals surface area contributed by atoms with Crippen molar-refractivity contribution in [3.8, 4) is 0 Å². The lowest BCUT2D eigenvalue weighted by atomic mass is 10.1. The van der Waals surface area contributed by atoms with Crippen LogP contribution < -0.4 is 10.0 Å². The van der Waals surface area contributed by atoms with Crippen molar-refractivity contribution in [2.45, 2.75) is 30.6 Å².